The van der Waals surface area contributed by atoms with Crippen molar-refractivity contribution in [1.29, 1.82) is 0 Å². The second kappa shape index (κ2) is 11.0. The Hall–Kier alpha value is -6.58. The van der Waals surface area contributed by atoms with Crippen LogP contribution in [0.4, 0.5) is 0 Å². The first-order valence-electron chi connectivity index (χ1n) is 16.7. The molecule has 0 aliphatic carbocycles. The third-order valence-electron chi connectivity index (χ3n) is 9.75. The Morgan fingerprint density at radius 3 is 1.43 bits per heavy atom. The van der Waals surface area contributed by atoms with Crippen molar-refractivity contribution in [3.8, 4) is 39.3 Å². The fourth-order valence-electron chi connectivity index (χ4n) is 7.44. The van der Waals surface area contributed by atoms with Crippen LogP contribution in [0.2, 0.25) is 0 Å². The molecule has 2 aromatic heterocycles. The van der Waals surface area contributed by atoms with Crippen molar-refractivity contribution in [1.82, 2.24) is 14.5 Å². The summed E-state index contributed by atoms with van der Waals surface area (Å²) in [6.45, 7) is 0. The third kappa shape index (κ3) is 4.44. The van der Waals surface area contributed by atoms with Crippen molar-refractivity contribution in [2.75, 3.05) is 0 Å². The lowest BCUT2D eigenvalue weighted by atomic mass is 9.99. The predicted octanol–water partition coefficient (Wildman–Crippen LogP) is 12.0. The lowest BCUT2D eigenvalue weighted by molar-refractivity contribution is 1.19. The zero-order valence-corrected chi connectivity index (χ0v) is 26.6. The van der Waals surface area contributed by atoms with Gasteiger partial charge in [-0.05, 0) is 46.2 Å². The molecule has 10 aromatic rings. The van der Waals surface area contributed by atoms with E-state index >= 15 is 0 Å². The second-order valence-corrected chi connectivity index (χ2v) is 12.6. The molecule has 2 heterocycles. The minimum atomic E-state index is 0.884. The lowest BCUT2D eigenvalue weighted by Crippen LogP contribution is -1.96. The zero-order valence-electron chi connectivity index (χ0n) is 26.6. The molecule has 0 saturated carbocycles. The van der Waals surface area contributed by atoms with Crippen LogP contribution in [0.3, 0.4) is 0 Å². The van der Waals surface area contributed by atoms with Gasteiger partial charge in [-0.1, -0.05) is 152 Å². The van der Waals surface area contributed by atoms with Gasteiger partial charge in [0.05, 0.1) is 33.5 Å². The topological polar surface area (TPSA) is 30.7 Å². The minimum Gasteiger partial charge on any atom is -0.308 e. The van der Waals surface area contributed by atoms with E-state index in [0.717, 1.165) is 50.4 Å². The summed E-state index contributed by atoms with van der Waals surface area (Å²) >= 11 is 0. The summed E-state index contributed by atoms with van der Waals surface area (Å²) in [5, 5.41) is 7.50. The van der Waals surface area contributed by atoms with Crippen LogP contribution in [0, 0.1) is 0 Å². The highest BCUT2D eigenvalue weighted by molar-refractivity contribution is 6.23. The van der Waals surface area contributed by atoms with Crippen molar-refractivity contribution in [2.45, 2.75) is 0 Å². The first-order chi connectivity index (χ1) is 24.3. The third-order valence-corrected chi connectivity index (χ3v) is 9.75. The van der Waals surface area contributed by atoms with Gasteiger partial charge in [0.25, 0.3) is 0 Å². The molecule has 0 fully saturated rings. The molecule has 8 aromatic carbocycles. The van der Waals surface area contributed by atoms with Gasteiger partial charge in [0.2, 0.25) is 0 Å². The van der Waals surface area contributed by atoms with Gasteiger partial charge in [0.1, 0.15) is 0 Å². The van der Waals surface area contributed by atoms with E-state index in [1.807, 2.05) is 30.3 Å². The van der Waals surface area contributed by atoms with Crippen LogP contribution in [-0.2, 0) is 0 Å². The molecule has 0 aliphatic heterocycles. The maximum atomic E-state index is 5.11. The van der Waals surface area contributed by atoms with Gasteiger partial charge in [-0.3, -0.25) is 0 Å². The summed E-state index contributed by atoms with van der Waals surface area (Å²) in [5.41, 5.74) is 11.6. The number of nitrogens with zero attached hydrogens (tertiary/aromatic N) is 3. The first kappa shape index (κ1) is 27.5. The predicted molar refractivity (Wildman–Crippen MR) is 205 cm³/mol. The number of hydrogen-bond donors (Lipinski definition) is 0. The Morgan fingerprint density at radius 1 is 0.327 bits per heavy atom. The van der Waals surface area contributed by atoms with Crippen LogP contribution in [0.5, 0.6) is 0 Å². The summed E-state index contributed by atoms with van der Waals surface area (Å²) in [5.74, 6) is 0. The van der Waals surface area contributed by atoms with E-state index in [0.29, 0.717) is 0 Å². The Bertz CT molecular complexity index is 2770. The molecule has 0 atom stereocenters. The van der Waals surface area contributed by atoms with E-state index in [2.05, 4.69) is 150 Å². The Morgan fingerprint density at radius 2 is 0.816 bits per heavy atom. The normalized spacial score (nSPS) is 11.7. The van der Waals surface area contributed by atoms with Crippen molar-refractivity contribution < 1.29 is 0 Å². The molecule has 0 amide bonds. The molecule has 228 valence electrons. The number of fused-ring (bicyclic) bond motifs is 8. The van der Waals surface area contributed by atoms with Crippen LogP contribution in [-0.4, -0.2) is 14.5 Å². The van der Waals surface area contributed by atoms with Crippen LogP contribution in [0.25, 0.3) is 93.7 Å². The van der Waals surface area contributed by atoms with Crippen LogP contribution in [0.15, 0.2) is 176 Å². The number of para-hydroxylation sites is 2. The molecular weight excluding hydrogens is 595 g/mol. The maximum Gasteiger partial charge on any atom is 0.0973 e. The average molecular weight is 624 g/mol. The van der Waals surface area contributed by atoms with Crippen LogP contribution < -0.4 is 0 Å². The maximum absolute atomic E-state index is 5.11. The summed E-state index contributed by atoms with van der Waals surface area (Å²) in [4.78, 5) is 10.2. The molecule has 0 aliphatic rings. The van der Waals surface area contributed by atoms with Crippen LogP contribution >= 0.6 is 0 Å². The van der Waals surface area contributed by atoms with Gasteiger partial charge in [0.15, 0.2) is 0 Å². The molecule has 0 bridgehead atoms. The highest BCUT2D eigenvalue weighted by atomic mass is 15.0. The molecule has 49 heavy (non-hydrogen) atoms. The fourth-order valence-corrected chi connectivity index (χ4v) is 7.44. The Kier molecular flexibility index (Phi) is 6.18. The highest BCUT2D eigenvalue weighted by Crippen LogP contribution is 2.40. The van der Waals surface area contributed by atoms with Gasteiger partial charge in [-0.25, -0.2) is 9.97 Å². The highest BCUT2D eigenvalue weighted by Gasteiger charge is 2.18. The van der Waals surface area contributed by atoms with E-state index in [9.17, 15) is 0 Å². The van der Waals surface area contributed by atoms with Crippen molar-refractivity contribution in [3.63, 3.8) is 0 Å². The van der Waals surface area contributed by atoms with Crippen molar-refractivity contribution in [3.05, 3.63) is 176 Å². The monoisotopic (exact) mass is 623 g/mol. The Balaban J connectivity index is 1.15. The molecule has 0 unspecified atom stereocenters. The van der Waals surface area contributed by atoms with E-state index in [1.54, 1.807) is 0 Å². The second-order valence-electron chi connectivity index (χ2n) is 12.6. The molecule has 0 saturated heterocycles. The smallest absolute Gasteiger partial charge is 0.0973 e. The van der Waals surface area contributed by atoms with Gasteiger partial charge < -0.3 is 4.57 Å². The number of rotatable bonds is 4. The molecule has 0 radical (unpaired) electrons. The molecule has 0 N–H and O–H groups in total. The molecular formula is C46H29N3. The number of hydrogen-bond acceptors (Lipinski definition) is 2. The molecule has 3 heteroatoms. The number of benzene rings is 8. The van der Waals surface area contributed by atoms with Gasteiger partial charge >= 0.3 is 0 Å². The summed E-state index contributed by atoms with van der Waals surface area (Å²) < 4.78 is 2.48. The number of aromatic nitrogens is 3. The van der Waals surface area contributed by atoms with Crippen LogP contribution in [0.1, 0.15) is 0 Å². The molecule has 10 rings (SSSR count). The average Bonchev–Trinajstić information content (AvgIpc) is 3.53. The SMILES string of the molecule is c1ccc(-c2nc3ccccc3nc2-c2ccc(-c3cccc(-n4c5c6ccccc6ccc5c5ccc6ccccc6c54)c3)cc2)cc1. The van der Waals surface area contributed by atoms with E-state index in [-0.39, 0.29) is 0 Å². The zero-order chi connectivity index (χ0) is 32.3. The quantitative estimate of drug-likeness (QED) is 0.195. The minimum absolute atomic E-state index is 0.884. The lowest BCUT2D eigenvalue weighted by Gasteiger charge is -2.14. The molecule has 3 nitrogen and oxygen atoms in total. The largest absolute Gasteiger partial charge is 0.308 e. The fraction of sp³-hybridized carbons (Fsp3) is 0. The summed E-state index contributed by atoms with van der Waals surface area (Å²) in [6.07, 6.45) is 0. The standard InChI is InChI=1S/C46H29N3/c1-2-13-33(14-3-1)43-44(48-42-20-9-8-19-41(42)47-43)34-23-21-30(22-24-34)35-15-10-16-36(29-35)49-45-37-17-6-4-11-31(37)25-27-39(45)40-28-26-32-12-5-7-18-38(32)46(40)49/h1-29H. The van der Waals surface area contributed by atoms with E-state index in [4.69, 9.17) is 9.97 Å². The van der Waals surface area contributed by atoms with Gasteiger partial charge in [-0.2, -0.15) is 0 Å². The molecule has 0 spiro atoms. The van der Waals surface area contributed by atoms with Crippen molar-refractivity contribution in [2.24, 2.45) is 0 Å². The van der Waals surface area contributed by atoms with Gasteiger partial charge in [-0.15, -0.1) is 0 Å². The van der Waals surface area contributed by atoms with E-state index < -0.39 is 0 Å². The van der Waals surface area contributed by atoms with Gasteiger partial charge in [0, 0.05) is 38.4 Å². The summed E-state index contributed by atoms with van der Waals surface area (Å²) in [6, 6.07) is 62.6. The van der Waals surface area contributed by atoms with E-state index in [1.165, 1.54) is 43.4 Å². The first-order valence-corrected chi connectivity index (χ1v) is 16.7. The Labute approximate surface area is 283 Å². The van der Waals surface area contributed by atoms with Crippen molar-refractivity contribution >= 4 is 54.4 Å². The summed E-state index contributed by atoms with van der Waals surface area (Å²) in [7, 11) is 0.